The highest BCUT2D eigenvalue weighted by Gasteiger charge is 2.31. The van der Waals surface area contributed by atoms with Gasteiger partial charge < -0.3 is 10.1 Å². The maximum absolute atomic E-state index is 12.6. The average Bonchev–Trinajstić information content (AvgIpc) is 2.50. The van der Waals surface area contributed by atoms with Gasteiger partial charge in [0.15, 0.2) is 0 Å². The largest absolute Gasteiger partial charge is 0.417 e. The Morgan fingerprint density at radius 3 is 2.53 bits per heavy atom. The summed E-state index contributed by atoms with van der Waals surface area (Å²) in [4.78, 5) is 4.17. The van der Waals surface area contributed by atoms with Gasteiger partial charge in [-0.15, -0.1) is 0 Å². The van der Waals surface area contributed by atoms with Gasteiger partial charge in [0.1, 0.15) is 5.65 Å². The second-order valence-electron chi connectivity index (χ2n) is 4.01. The van der Waals surface area contributed by atoms with Gasteiger partial charge in [0.25, 0.3) is 0 Å². The van der Waals surface area contributed by atoms with E-state index in [1.54, 1.807) is 13.8 Å². The van der Waals surface area contributed by atoms with E-state index in [0.717, 1.165) is 12.3 Å². The van der Waals surface area contributed by atoms with Crippen LogP contribution in [0.15, 0.2) is 18.3 Å². The van der Waals surface area contributed by atoms with E-state index in [2.05, 4.69) is 4.98 Å². The zero-order valence-electron chi connectivity index (χ0n) is 9.42. The van der Waals surface area contributed by atoms with Crippen LogP contribution in [0.4, 0.5) is 13.2 Å². The van der Waals surface area contributed by atoms with Crippen molar-refractivity contribution >= 4 is 5.65 Å². The number of aromatic nitrogens is 2. The minimum Gasteiger partial charge on any atom is -0.323 e. The molecule has 17 heavy (non-hydrogen) atoms. The second kappa shape index (κ2) is 3.73. The van der Waals surface area contributed by atoms with Crippen LogP contribution in [0.2, 0.25) is 0 Å². The van der Waals surface area contributed by atoms with E-state index in [1.165, 1.54) is 10.5 Å². The van der Waals surface area contributed by atoms with Crippen molar-refractivity contribution in [3.05, 3.63) is 35.3 Å². The Hall–Kier alpha value is -1.56. The molecular formula is C11H12F3N3. The van der Waals surface area contributed by atoms with Crippen LogP contribution in [0, 0.1) is 6.92 Å². The number of hydrogen-bond acceptors (Lipinski definition) is 2. The lowest BCUT2D eigenvalue weighted by atomic mass is 10.2. The molecule has 0 saturated carbocycles. The lowest BCUT2D eigenvalue weighted by Crippen LogP contribution is -2.11. The summed E-state index contributed by atoms with van der Waals surface area (Å²) in [5.41, 5.74) is 6.77. The van der Waals surface area contributed by atoms with Gasteiger partial charge in [0.05, 0.1) is 17.0 Å². The van der Waals surface area contributed by atoms with E-state index >= 15 is 0 Å². The number of hydrogen-bond donors (Lipinski definition) is 1. The van der Waals surface area contributed by atoms with Crippen LogP contribution in [-0.4, -0.2) is 9.38 Å². The van der Waals surface area contributed by atoms with Crippen molar-refractivity contribution in [3.8, 4) is 0 Å². The second-order valence-corrected chi connectivity index (χ2v) is 4.01. The van der Waals surface area contributed by atoms with Crippen LogP contribution in [0.25, 0.3) is 5.65 Å². The molecule has 2 aromatic heterocycles. The van der Waals surface area contributed by atoms with Crippen LogP contribution in [0.1, 0.15) is 29.9 Å². The lowest BCUT2D eigenvalue weighted by molar-refractivity contribution is -0.137. The van der Waals surface area contributed by atoms with Crippen molar-refractivity contribution in [3.63, 3.8) is 0 Å². The summed E-state index contributed by atoms with van der Waals surface area (Å²) >= 11 is 0. The third-order valence-corrected chi connectivity index (χ3v) is 2.60. The predicted molar refractivity (Wildman–Crippen MR) is 57.5 cm³/mol. The van der Waals surface area contributed by atoms with Gasteiger partial charge in [0.2, 0.25) is 0 Å². The summed E-state index contributed by atoms with van der Waals surface area (Å²) in [6.45, 7) is 3.45. The molecule has 0 aliphatic carbocycles. The molecule has 0 aromatic carbocycles. The van der Waals surface area contributed by atoms with Crippen molar-refractivity contribution in [2.45, 2.75) is 26.1 Å². The number of imidazole rings is 1. The number of pyridine rings is 1. The van der Waals surface area contributed by atoms with Crippen molar-refractivity contribution < 1.29 is 13.2 Å². The molecule has 6 heteroatoms. The molecule has 0 fully saturated rings. The van der Waals surface area contributed by atoms with Crippen LogP contribution in [-0.2, 0) is 6.18 Å². The fourth-order valence-electron chi connectivity index (χ4n) is 1.90. The molecule has 0 spiro atoms. The van der Waals surface area contributed by atoms with Gasteiger partial charge in [-0.3, -0.25) is 0 Å². The normalized spacial score (nSPS) is 14.2. The highest BCUT2D eigenvalue weighted by Crippen LogP contribution is 2.30. The maximum Gasteiger partial charge on any atom is 0.417 e. The molecule has 0 aliphatic rings. The van der Waals surface area contributed by atoms with E-state index in [1.807, 2.05) is 0 Å². The van der Waals surface area contributed by atoms with Crippen molar-refractivity contribution in [1.29, 1.82) is 0 Å². The van der Waals surface area contributed by atoms with Gasteiger partial charge in [-0.25, -0.2) is 4.98 Å². The Balaban J connectivity index is 2.71. The molecular weight excluding hydrogens is 231 g/mol. The molecule has 0 radical (unpaired) electrons. The Bertz CT molecular complexity index is 555. The van der Waals surface area contributed by atoms with Gasteiger partial charge >= 0.3 is 6.18 Å². The van der Waals surface area contributed by atoms with E-state index in [9.17, 15) is 13.2 Å². The molecule has 3 nitrogen and oxygen atoms in total. The summed E-state index contributed by atoms with van der Waals surface area (Å²) in [6.07, 6.45) is -3.32. The predicted octanol–water partition coefficient (Wildman–Crippen LogP) is 2.68. The first-order chi connectivity index (χ1) is 7.80. The number of halogens is 3. The highest BCUT2D eigenvalue weighted by atomic mass is 19.4. The Morgan fingerprint density at radius 1 is 1.35 bits per heavy atom. The summed E-state index contributed by atoms with van der Waals surface area (Å²) in [6, 6.07) is 2.00. The molecule has 1 unspecified atom stereocenters. The molecule has 92 valence electrons. The number of alkyl halides is 3. The number of nitrogens with zero attached hydrogens (tertiary/aromatic N) is 2. The molecule has 2 N–H and O–H groups in total. The van der Waals surface area contributed by atoms with Gasteiger partial charge in [-0.1, -0.05) is 0 Å². The summed E-state index contributed by atoms with van der Waals surface area (Å²) in [5, 5.41) is 0. The third kappa shape index (κ3) is 2.00. The van der Waals surface area contributed by atoms with E-state index in [0.29, 0.717) is 17.0 Å². The van der Waals surface area contributed by atoms with Crippen LogP contribution in [0.5, 0.6) is 0 Å². The minimum atomic E-state index is -4.36. The smallest absolute Gasteiger partial charge is 0.323 e. The van der Waals surface area contributed by atoms with Crippen LogP contribution >= 0.6 is 0 Å². The lowest BCUT2D eigenvalue weighted by Gasteiger charge is -2.10. The van der Waals surface area contributed by atoms with E-state index in [4.69, 9.17) is 5.73 Å². The maximum atomic E-state index is 12.6. The summed E-state index contributed by atoms with van der Waals surface area (Å²) in [7, 11) is 0. The van der Waals surface area contributed by atoms with Gasteiger partial charge in [0, 0.05) is 12.2 Å². The highest BCUT2D eigenvalue weighted by molar-refractivity contribution is 5.45. The first-order valence-corrected chi connectivity index (χ1v) is 5.12. The number of nitrogens with two attached hydrogens (primary N) is 1. The number of fused-ring (bicyclic) bond motifs is 1. The summed E-state index contributed by atoms with van der Waals surface area (Å²) in [5.74, 6) is 0. The van der Waals surface area contributed by atoms with Crippen molar-refractivity contribution in [2.24, 2.45) is 5.73 Å². The minimum absolute atomic E-state index is 0.367. The molecule has 0 bridgehead atoms. The van der Waals surface area contributed by atoms with Crippen LogP contribution < -0.4 is 5.73 Å². The zero-order valence-corrected chi connectivity index (χ0v) is 9.42. The topological polar surface area (TPSA) is 43.3 Å². The summed E-state index contributed by atoms with van der Waals surface area (Å²) < 4.78 is 39.2. The molecule has 2 rings (SSSR count). The Morgan fingerprint density at radius 2 is 2.00 bits per heavy atom. The van der Waals surface area contributed by atoms with Crippen molar-refractivity contribution in [2.75, 3.05) is 0 Å². The monoisotopic (exact) mass is 243 g/mol. The number of rotatable bonds is 1. The molecule has 0 aliphatic heterocycles. The molecule has 1 atom stereocenters. The first kappa shape index (κ1) is 11.9. The Kier molecular flexibility index (Phi) is 2.61. The zero-order chi connectivity index (χ0) is 12.8. The SMILES string of the molecule is Cc1nc2ccc(C(F)(F)F)cn2c1C(C)N. The fraction of sp³-hybridized carbons (Fsp3) is 0.364. The first-order valence-electron chi connectivity index (χ1n) is 5.12. The van der Waals surface area contributed by atoms with Crippen molar-refractivity contribution in [1.82, 2.24) is 9.38 Å². The average molecular weight is 243 g/mol. The molecule has 0 saturated heterocycles. The molecule has 0 amide bonds. The van der Waals surface area contributed by atoms with E-state index < -0.39 is 11.7 Å². The number of aryl methyl sites for hydroxylation is 1. The van der Waals surface area contributed by atoms with Gasteiger partial charge in [-0.2, -0.15) is 13.2 Å². The fourth-order valence-corrected chi connectivity index (χ4v) is 1.90. The molecule has 2 aromatic rings. The standard InChI is InChI=1S/C11H12F3N3/c1-6(15)10-7(2)16-9-4-3-8(5-17(9)10)11(12,13)14/h3-6H,15H2,1-2H3. The molecule has 2 heterocycles. The van der Waals surface area contributed by atoms with E-state index in [-0.39, 0.29) is 6.04 Å². The van der Waals surface area contributed by atoms with Crippen LogP contribution in [0.3, 0.4) is 0 Å². The Labute approximate surface area is 96.1 Å². The third-order valence-electron chi connectivity index (χ3n) is 2.60. The quantitative estimate of drug-likeness (QED) is 0.836. The van der Waals surface area contributed by atoms with Gasteiger partial charge in [-0.05, 0) is 26.0 Å².